The summed E-state index contributed by atoms with van der Waals surface area (Å²) in [6.07, 6.45) is 0. The first kappa shape index (κ1) is 18.5. The molecule has 0 amide bonds. The normalized spacial score (nSPS) is 11.0. The average Bonchev–Trinajstić information content (AvgIpc) is 2.94. The van der Waals surface area contributed by atoms with Gasteiger partial charge < -0.3 is 4.74 Å². The molecule has 0 unspecified atom stereocenters. The monoisotopic (exact) mass is 352 g/mol. The van der Waals surface area contributed by atoms with Crippen molar-refractivity contribution in [1.29, 1.82) is 0 Å². The Labute approximate surface area is 143 Å². The zero-order valence-corrected chi connectivity index (χ0v) is 14.6. The maximum Gasteiger partial charge on any atom is 0.312 e. The minimum Gasteiger partial charge on any atom is -0.378 e. The summed E-state index contributed by atoms with van der Waals surface area (Å²) in [7, 11) is 0. The zero-order chi connectivity index (χ0) is 18.7. The lowest BCUT2D eigenvalue weighted by Crippen LogP contribution is -2.13. The molecular weight excluding hydrogens is 332 g/mol. The number of nitrogens with zero attached hydrogens (tertiary/aromatic N) is 6. The van der Waals surface area contributed by atoms with Crippen LogP contribution in [0.15, 0.2) is 0 Å². The van der Waals surface area contributed by atoms with Gasteiger partial charge in [0.25, 0.3) is 0 Å². The van der Waals surface area contributed by atoms with E-state index in [1.165, 1.54) is 0 Å². The molecule has 11 nitrogen and oxygen atoms in total. The second kappa shape index (κ2) is 7.38. The van der Waals surface area contributed by atoms with Crippen LogP contribution in [-0.2, 0) is 17.8 Å². The molecule has 0 aliphatic heterocycles. The van der Waals surface area contributed by atoms with E-state index in [1.807, 2.05) is 0 Å². The fourth-order valence-electron chi connectivity index (χ4n) is 2.74. The van der Waals surface area contributed by atoms with Crippen LogP contribution in [0.5, 0.6) is 0 Å². The molecule has 2 aromatic heterocycles. The van der Waals surface area contributed by atoms with Gasteiger partial charge in [0.15, 0.2) is 0 Å². The second-order valence-electron chi connectivity index (χ2n) is 5.61. The molecule has 136 valence electrons. The van der Waals surface area contributed by atoms with E-state index in [4.69, 9.17) is 4.74 Å². The number of ether oxygens (including phenoxy) is 1. The molecule has 0 N–H and O–H groups in total. The van der Waals surface area contributed by atoms with Gasteiger partial charge in [-0.1, -0.05) is 0 Å². The number of nitro groups is 2. The average molecular weight is 352 g/mol. The van der Waals surface area contributed by atoms with Crippen molar-refractivity contribution in [2.24, 2.45) is 0 Å². The number of hydrogen-bond acceptors (Lipinski definition) is 7. The van der Waals surface area contributed by atoms with Gasteiger partial charge in [-0.3, -0.25) is 29.6 Å². The molecule has 0 aliphatic carbocycles. The van der Waals surface area contributed by atoms with Crippen LogP contribution in [0.4, 0.5) is 11.4 Å². The van der Waals surface area contributed by atoms with Crippen LogP contribution >= 0.6 is 0 Å². The van der Waals surface area contributed by atoms with Crippen molar-refractivity contribution in [1.82, 2.24) is 19.6 Å². The highest BCUT2D eigenvalue weighted by Crippen LogP contribution is 2.22. The molecule has 0 radical (unpaired) electrons. The van der Waals surface area contributed by atoms with Crippen molar-refractivity contribution in [3.8, 4) is 0 Å². The SMILES string of the molecule is Cc1nn(CCOCCn2nc(C)c([N+](=O)[O-])c2C)c(C)c1[N+](=O)[O-]. The lowest BCUT2D eigenvalue weighted by atomic mass is 10.3. The van der Waals surface area contributed by atoms with Gasteiger partial charge in [0.05, 0.1) is 36.1 Å². The van der Waals surface area contributed by atoms with Crippen LogP contribution < -0.4 is 0 Å². The summed E-state index contributed by atoms with van der Waals surface area (Å²) < 4.78 is 8.60. The van der Waals surface area contributed by atoms with Gasteiger partial charge in [0.2, 0.25) is 0 Å². The van der Waals surface area contributed by atoms with Crippen LogP contribution in [0.1, 0.15) is 22.8 Å². The standard InChI is InChI=1S/C14H20N6O5/c1-9-13(19(21)22)11(3)17(15-9)5-7-25-8-6-18-12(4)14(20(23)24)10(2)16-18/h5-8H2,1-4H3. The predicted octanol–water partition coefficient (Wildman–Crippen LogP) is 1.85. The molecule has 0 saturated carbocycles. The number of rotatable bonds is 8. The maximum atomic E-state index is 11.0. The van der Waals surface area contributed by atoms with Gasteiger partial charge >= 0.3 is 11.4 Å². The van der Waals surface area contributed by atoms with Crippen molar-refractivity contribution in [3.63, 3.8) is 0 Å². The molecule has 0 bridgehead atoms. The van der Waals surface area contributed by atoms with E-state index >= 15 is 0 Å². The Hall–Kier alpha value is -2.82. The topological polar surface area (TPSA) is 131 Å². The lowest BCUT2D eigenvalue weighted by Gasteiger charge is -2.07. The molecule has 0 spiro atoms. The Balaban J connectivity index is 1.87. The Morgan fingerprint density at radius 3 is 1.48 bits per heavy atom. The van der Waals surface area contributed by atoms with Gasteiger partial charge in [-0.25, -0.2) is 0 Å². The van der Waals surface area contributed by atoms with Gasteiger partial charge in [-0.15, -0.1) is 0 Å². The highest BCUT2D eigenvalue weighted by molar-refractivity contribution is 5.40. The fraction of sp³-hybridized carbons (Fsp3) is 0.571. The molecule has 0 fully saturated rings. The van der Waals surface area contributed by atoms with Crippen molar-refractivity contribution in [2.75, 3.05) is 13.2 Å². The highest BCUT2D eigenvalue weighted by atomic mass is 16.6. The Bertz CT molecular complexity index is 743. The van der Waals surface area contributed by atoms with Gasteiger partial charge in [0, 0.05) is 0 Å². The van der Waals surface area contributed by atoms with E-state index in [1.54, 1.807) is 37.1 Å². The lowest BCUT2D eigenvalue weighted by molar-refractivity contribution is -0.386. The predicted molar refractivity (Wildman–Crippen MR) is 87.5 cm³/mol. The van der Waals surface area contributed by atoms with Crippen molar-refractivity contribution < 1.29 is 14.6 Å². The third-order valence-corrected chi connectivity index (χ3v) is 3.95. The number of aromatic nitrogens is 4. The molecule has 0 atom stereocenters. The first-order chi connectivity index (χ1) is 11.7. The fourth-order valence-corrected chi connectivity index (χ4v) is 2.74. The third kappa shape index (κ3) is 3.82. The first-order valence-electron chi connectivity index (χ1n) is 7.68. The quantitative estimate of drug-likeness (QED) is 0.402. The minimum atomic E-state index is -0.440. The summed E-state index contributed by atoms with van der Waals surface area (Å²) in [5.74, 6) is 0. The van der Waals surface area contributed by atoms with Crippen LogP contribution in [-0.4, -0.2) is 42.6 Å². The van der Waals surface area contributed by atoms with Crippen molar-refractivity contribution in [2.45, 2.75) is 40.8 Å². The first-order valence-corrected chi connectivity index (χ1v) is 7.68. The van der Waals surface area contributed by atoms with Crippen LogP contribution in [0.2, 0.25) is 0 Å². The minimum absolute atomic E-state index is 0.0231. The summed E-state index contributed by atoms with van der Waals surface area (Å²) in [6.45, 7) is 7.90. The molecule has 2 aromatic rings. The molecule has 0 saturated heterocycles. The van der Waals surface area contributed by atoms with Crippen molar-refractivity contribution >= 4 is 11.4 Å². The summed E-state index contributed by atoms with van der Waals surface area (Å²) in [5.41, 5.74) is 1.76. The Morgan fingerprint density at radius 2 is 1.20 bits per heavy atom. The molecule has 11 heteroatoms. The number of aryl methyl sites for hydroxylation is 2. The number of hydrogen-bond donors (Lipinski definition) is 0. The van der Waals surface area contributed by atoms with Crippen LogP contribution in [0, 0.1) is 47.9 Å². The zero-order valence-electron chi connectivity index (χ0n) is 14.6. The largest absolute Gasteiger partial charge is 0.378 e. The molecule has 2 rings (SSSR count). The Morgan fingerprint density at radius 1 is 0.840 bits per heavy atom. The maximum absolute atomic E-state index is 11.0. The van der Waals surface area contributed by atoms with Gasteiger partial charge in [-0.2, -0.15) is 10.2 Å². The van der Waals surface area contributed by atoms with E-state index < -0.39 is 9.85 Å². The Kier molecular flexibility index (Phi) is 5.47. The summed E-state index contributed by atoms with van der Waals surface area (Å²) in [6, 6.07) is 0. The van der Waals surface area contributed by atoms with E-state index in [2.05, 4.69) is 10.2 Å². The molecule has 25 heavy (non-hydrogen) atoms. The summed E-state index contributed by atoms with van der Waals surface area (Å²) in [5, 5.41) is 30.2. The van der Waals surface area contributed by atoms with E-state index in [-0.39, 0.29) is 11.4 Å². The highest BCUT2D eigenvalue weighted by Gasteiger charge is 2.22. The smallest absolute Gasteiger partial charge is 0.312 e. The molecule has 2 heterocycles. The van der Waals surface area contributed by atoms with Crippen LogP contribution in [0.25, 0.3) is 0 Å². The molecular formula is C14H20N6O5. The molecule has 0 aliphatic rings. The van der Waals surface area contributed by atoms with E-state index in [9.17, 15) is 20.2 Å². The van der Waals surface area contributed by atoms with Gasteiger partial charge in [0.1, 0.15) is 22.8 Å². The van der Waals surface area contributed by atoms with E-state index in [0.717, 1.165) is 0 Å². The molecule has 0 aromatic carbocycles. The van der Waals surface area contributed by atoms with Crippen molar-refractivity contribution in [3.05, 3.63) is 43.0 Å². The second-order valence-corrected chi connectivity index (χ2v) is 5.61. The van der Waals surface area contributed by atoms with Gasteiger partial charge in [-0.05, 0) is 27.7 Å². The summed E-state index contributed by atoms with van der Waals surface area (Å²) >= 11 is 0. The van der Waals surface area contributed by atoms with E-state index in [0.29, 0.717) is 49.1 Å². The third-order valence-electron chi connectivity index (χ3n) is 3.95. The summed E-state index contributed by atoms with van der Waals surface area (Å²) in [4.78, 5) is 21.0. The van der Waals surface area contributed by atoms with Crippen LogP contribution in [0.3, 0.4) is 0 Å².